The Hall–Kier alpha value is -1.42. The zero-order valence-electron chi connectivity index (χ0n) is 10.2. The molecule has 4 nitrogen and oxygen atoms in total. The minimum atomic E-state index is -0.811. The Morgan fingerprint density at radius 1 is 1.47 bits per heavy atom. The number of nitrogens with zero attached hydrogens (tertiary/aromatic N) is 1. The molecule has 17 heavy (non-hydrogen) atoms. The van der Waals surface area contributed by atoms with Crippen LogP contribution in [0.1, 0.15) is 49.8 Å². The highest BCUT2D eigenvalue weighted by Gasteiger charge is 2.28. The summed E-state index contributed by atoms with van der Waals surface area (Å²) in [4.78, 5) is 15.5. The molecule has 1 aliphatic heterocycles. The molecule has 1 aromatic rings. The fourth-order valence-corrected chi connectivity index (χ4v) is 2.07. The van der Waals surface area contributed by atoms with Gasteiger partial charge in [-0.2, -0.15) is 0 Å². The number of carbonyl (C=O) groups excluding carboxylic acids is 1. The first kappa shape index (κ1) is 12.0. The molecule has 92 valence electrons. The molecule has 0 aromatic carbocycles. The predicted molar refractivity (Wildman–Crippen MR) is 64.5 cm³/mol. The molecule has 2 rings (SSSR count). The maximum atomic E-state index is 11.1. The summed E-state index contributed by atoms with van der Waals surface area (Å²) in [5.41, 5.74) is 2.03. The van der Waals surface area contributed by atoms with Crippen molar-refractivity contribution in [2.45, 2.75) is 44.8 Å². The molecule has 0 saturated carbocycles. The number of rotatable bonds is 2. The van der Waals surface area contributed by atoms with Gasteiger partial charge in [0.2, 0.25) is 5.91 Å². The SMILES string of the molecule is CC(C)c1ccc([C@H]2CCC(=O)NC2O)nc1. The third-order valence-corrected chi connectivity index (χ3v) is 3.23. The van der Waals surface area contributed by atoms with Gasteiger partial charge in [0.25, 0.3) is 0 Å². The number of piperidine rings is 1. The molecule has 1 amide bonds. The zero-order chi connectivity index (χ0) is 12.4. The number of aliphatic hydroxyl groups is 1. The van der Waals surface area contributed by atoms with Crippen LogP contribution >= 0.6 is 0 Å². The molecule has 2 N–H and O–H groups in total. The number of pyridine rings is 1. The smallest absolute Gasteiger partial charge is 0.222 e. The Balaban J connectivity index is 2.14. The van der Waals surface area contributed by atoms with Gasteiger partial charge >= 0.3 is 0 Å². The van der Waals surface area contributed by atoms with Crippen molar-refractivity contribution >= 4 is 5.91 Å². The van der Waals surface area contributed by atoms with E-state index in [4.69, 9.17) is 0 Å². The van der Waals surface area contributed by atoms with E-state index in [0.717, 1.165) is 5.69 Å². The summed E-state index contributed by atoms with van der Waals surface area (Å²) in [6.45, 7) is 4.23. The van der Waals surface area contributed by atoms with Gasteiger partial charge in [0, 0.05) is 24.2 Å². The van der Waals surface area contributed by atoms with Crippen molar-refractivity contribution in [2.75, 3.05) is 0 Å². The molecule has 1 saturated heterocycles. The van der Waals surface area contributed by atoms with Crippen LogP contribution in [-0.2, 0) is 4.79 Å². The average molecular weight is 234 g/mol. The van der Waals surface area contributed by atoms with Crippen molar-refractivity contribution in [2.24, 2.45) is 0 Å². The van der Waals surface area contributed by atoms with Crippen molar-refractivity contribution in [3.63, 3.8) is 0 Å². The van der Waals surface area contributed by atoms with Gasteiger partial charge in [-0.05, 0) is 24.0 Å². The predicted octanol–water partition coefficient (Wildman–Crippen LogP) is 1.52. The van der Waals surface area contributed by atoms with E-state index < -0.39 is 6.23 Å². The van der Waals surface area contributed by atoms with E-state index >= 15 is 0 Å². The van der Waals surface area contributed by atoms with E-state index in [1.807, 2.05) is 18.3 Å². The summed E-state index contributed by atoms with van der Waals surface area (Å²) in [6.07, 6.45) is 2.15. The second-order valence-corrected chi connectivity index (χ2v) is 4.83. The van der Waals surface area contributed by atoms with Crippen LogP contribution in [0.3, 0.4) is 0 Å². The Bertz CT molecular complexity index is 400. The number of hydrogen-bond acceptors (Lipinski definition) is 3. The van der Waals surface area contributed by atoms with Crippen molar-refractivity contribution in [1.29, 1.82) is 0 Å². The van der Waals surface area contributed by atoms with Crippen molar-refractivity contribution in [3.8, 4) is 0 Å². The van der Waals surface area contributed by atoms with Crippen LogP contribution < -0.4 is 5.32 Å². The minimum Gasteiger partial charge on any atom is -0.373 e. The quantitative estimate of drug-likeness (QED) is 0.815. The Morgan fingerprint density at radius 3 is 2.76 bits per heavy atom. The molecule has 0 bridgehead atoms. The maximum absolute atomic E-state index is 11.1. The van der Waals surface area contributed by atoms with E-state index in [9.17, 15) is 9.90 Å². The molecule has 1 aromatic heterocycles. The van der Waals surface area contributed by atoms with Gasteiger partial charge in [-0.1, -0.05) is 19.9 Å². The summed E-state index contributed by atoms with van der Waals surface area (Å²) in [5.74, 6) is 0.272. The molecule has 0 spiro atoms. The fraction of sp³-hybridized carbons (Fsp3) is 0.538. The molecular weight excluding hydrogens is 216 g/mol. The molecule has 4 heteroatoms. The normalized spacial score (nSPS) is 24.8. The van der Waals surface area contributed by atoms with Crippen LogP contribution in [-0.4, -0.2) is 22.2 Å². The lowest BCUT2D eigenvalue weighted by Gasteiger charge is -2.27. The van der Waals surface area contributed by atoms with Gasteiger partial charge in [-0.3, -0.25) is 9.78 Å². The van der Waals surface area contributed by atoms with E-state index in [-0.39, 0.29) is 11.8 Å². The second-order valence-electron chi connectivity index (χ2n) is 4.83. The summed E-state index contributed by atoms with van der Waals surface area (Å²) in [5, 5.41) is 12.3. The van der Waals surface area contributed by atoms with E-state index in [2.05, 4.69) is 24.1 Å². The fourth-order valence-electron chi connectivity index (χ4n) is 2.07. The van der Waals surface area contributed by atoms with Gasteiger partial charge in [-0.15, -0.1) is 0 Å². The van der Waals surface area contributed by atoms with Crippen LogP contribution in [0.15, 0.2) is 18.3 Å². The van der Waals surface area contributed by atoms with Gasteiger partial charge in [0.15, 0.2) is 0 Å². The number of aromatic nitrogens is 1. The third kappa shape index (κ3) is 2.64. The van der Waals surface area contributed by atoms with Crippen LogP contribution in [0, 0.1) is 0 Å². The molecule has 1 fully saturated rings. The number of nitrogens with one attached hydrogen (secondary N) is 1. The first-order valence-corrected chi connectivity index (χ1v) is 6.01. The highest BCUT2D eigenvalue weighted by atomic mass is 16.3. The monoisotopic (exact) mass is 234 g/mol. The maximum Gasteiger partial charge on any atom is 0.222 e. The number of carbonyl (C=O) groups is 1. The molecular formula is C13H18N2O2. The Morgan fingerprint density at radius 2 is 2.24 bits per heavy atom. The highest BCUT2D eigenvalue weighted by Crippen LogP contribution is 2.26. The molecule has 2 heterocycles. The highest BCUT2D eigenvalue weighted by molar-refractivity contribution is 5.77. The number of aliphatic hydroxyl groups excluding tert-OH is 1. The summed E-state index contributed by atoms with van der Waals surface area (Å²) < 4.78 is 0. The van der Waals surface area contributed by atoms with Crippen molar-refractivity contribution in [1.82, 2.24) is 10.3 Å². The molecule has 0 radical (unpaired) electrons. The lowest BCUT2D eigenvalue weighted by Crippen LogP contribution is -2.43. The standard InChI is InChI=1S/C13H18N2O2/c1-8(2)9-3-5-11(14-7-9)10-4-6-12(16)15-13(10)17/h3,5,7-8,10,13,17H,4,6H2,1-2H3,(H,15,16)/t10-,13?/m1/s1. The lowest BCUT2D eigenvalue weighted by molar-refractivity contribution is -0.127. The molecule has 2 atom stereocenters. The molecule has 1 aliphatic rings. The van der Waals surface area contributed by atoms with Crippen LogP contribution in [0.5, 0.6) is 0 Å². The van der Waals surface area contributed by atoms with Gasteiger partial charge in [-0.25, -0.2) is 0 Å². The number of hydrogen-bond donors (Lipinski definition) is 2. The Kier molecular flexibility index (Phi) is 3.43. The van der Waals surface area contributed by atoms with E-state index in [1.165, 1.54) is 5.56 Å². The zero-order valence-corrected chi connectivity index (χ0v) is 10.2. The largest absolute Gasteiger partial charge is 0.373 e. The van der Waals surface area contributed by atoms with Gasteiger partial charge < -0.3 is 10.4 Å². The summed E-state index contributed by atoms with van der Waals surface area (Å²) in [7, 11) is 0. The molecule has 1 unspecified atom stereocenters. The summed E-state index contributed by atoms with van der Waals surface area (Å²) >= 11 is 0. The van der Waals surface area contributed by atoms with Gasteiger partial charge in [0.05, 0.1) is 0 Å². The van der Waals surface area contributed by atoms with Crippen LogP contribution in [0.4, 0.5) is 0 Å². The third-order valence-electron chi connectivity index (χ3n) is 3.23. The average Bonchev–Trinajstić information content (AvgIpc) is 2.29. The van der Waals surface area contributed by atoms with Crippen LogP contribution in [0.2, 0.25) is 0 Å². The van der Waals surface area contributed by atoms with Gasteiger partial charge in [0.1, 0.15) is 6.23 Å². The van der Waals surface area contributed by atoms with E-state index in [1.54, 1.807) is 0 Å². The van der Waals surface area contributed by atoms with Crippen LogP contribution in [0.25, 0.3) is 0 Å². The van der Waals surface area contributed by atoms with Crippen molar-refractivity contribution < 1.29 is 9.90 Å². The number of amides is 1. The molecule has 0 aliphatic carbocycles. The summed E-state index contributed by atoms with van der Waals surface area (Å²) in [6, 6.07) is 3.98. The minimum absolute atomic E-state index is 0.0890. The topological polar surface area (TPSA) is 62.2 Å². The van der Waals surface area contributed by atoms with E-state index in [0.29, 0.717) is 18.8 Å². The lowest BCUT2D eigenvalue weighted by atomic mass is 9.92. The first-order chi connectivity index (χ1) is 8.08. The Labute approximate surface area is 101 Å². The first-order valence-electron chi connectivity index (χ1n) is 6.01. The van der Waals surface area contributed by atoms with Crippen molar-refractivity contribution in [3.05, 3.63) is 29.6 Å². The second kappa shape index (κ2) is 4.84.